The predicted octanol–water partition coefficient (Wildman–Crippen LogP) is 2.17. The summed E-state index contributed by atoms with van der Waals surface area (Å²) in [6.07, 6.45) is 3.87. The number of hydrogen-bond donors (Lipinski definition) is 3. The second kappa shape index (κ2) is 5.20. The van der Waals surface area contributed by atoms with Crippen molar-refractivity contribution in [3.63, 3.8) is 0 Å². The highest BCUT2D eigenvalue weighted by Gasteiger charge is 2.12. The molecule has 0 aliphatic heterocycles. The Morgan fingerprint density at radius 2 is 2.17 bits per heavy atom. The van der Waals surface area contributed by atoms with E-state index in [0.717, 1.165) is 17.8 Å². The summed E-state index contributed by atoms with van der Waals surface area (Å²) in [5.74, 6) is 1.66. The van der Waals surface area contributed by atoms with Crippen LogP contribution in [0.3, 0.4) is 0 Å². The van der Waals surface area contributed by atoms with Crippen molar-refractivity contribution >= 4 is 22.9 Å². The van der Waals surface area contributed by atoms with Gasteiger partial charge in [0.15, 0.2) is 11.5 Å². The smallest absolute Gasteiger partial charge is 0.224 e. The lowest BCUT2D eigenvalue weighted by Crippen LogP contribution is -2.19. The highest BCUT2D eigenvalue weighted by molar-refractivity contribution is 5.83. The van der Waals surface area contributed by atoms with E-state index >= 15 is 0 Å². The van der Waals surface area contributed by atoms with Gasteiger partial charge in [-0.3, -0.25) is 0 Å². The highest BCUT2D eigenvalue weighted by atomic mass is 15.1. The maximum atomic E-state index is 5.67. The molecule has 0 saturated carbocycles. The molecule has 0 amide bonds. The average molecular weight is 248 g/mol. The molecule has 0 aliphatic rings. The molecule has 0 fully saturated rings. The first kappa shape index (κ1) is 12.6. The number of aromatic nitrogens is 4. The van der Waals surface area contributed by atoms with Gasteiger partial charge in [-0.15, -0.1) is 0 Å². The van der Waals surface area contributed by atoms with Crippen molar-refractivity contribution in [3.8, 4) is 0 Å². The van der Waals surface area contributed by atoms with Gasteiger partial charge in [0.2, 0.25) is 5.95 Å². The zero-order valence-electron chi connectivity index (χ0n) is 11.1. The molecule has 0 radical (unpaired) electrons. The Labute approximate surface area is 106 Å². The number of nitrogens with two attached hydrogens (primary N) is 1. The molecule has 0 aliphatic carbocycles. The van der Waals surface area contributed by atoms with Crippen LogP contribution in [0, 0.1) is 5.92 Å². The number of nitrogen functional groups attached to an aromatic ring is 1. The molecule has 2 aromatic heterocycles. The molecule has 4 N–H and O–H groups in total. The third-order valence-electron chi connectivity index (χ3n) is 3.14. The SMILES string of the molecule is CCC(C)CC(C)Nc1nc(N)nc2nc[nH]c12. The van der Waals surface area contributed by atoms with E-state index < -0.39 is 0 Å². The van der Waals surface area contributed by atoms with Gasteiger partial charge in [-0.2, -0.15) is 9.97 Å². The molecule has 6 nitrogen and oxygen atoms in total. The number of hydrogen-bond acceptors (Lipinski definition) is 5. The summed E-state index contributed by atoms with van der Waals surface area (Å²) < 4.78 is 0. The van der Waals surface area contributed by atoms with Crippen molar-refractivity contribution in [2.75, 3.05) is 11.1 Å². The Morgan fingerprint density at radius 1 is 1.39 bits per heavy atom. The molecule has 18 heavy (non-hydrogen) atoms. The van der Waals surface area contributed by atoms with E-state index in [9.17, 15) is 0 Å². The number of aromatic amines is 1. The summed E-state index contributed by atoms with van der Waals surface area (Å²) in [7, 11) is 0. The van der Waals surface area contributed by atoms with Crippen LogP contribution in [0.15, 0.2) is 6.33 Å². The van der Waals surface area contributed by atoms with Crippen LogP contribution in [-0.4, -0.2) is 26.0 Å². The molecular weight excluding hydrogens is 228 g/mol. The largest absolute Gasteiger partial charge is 0.368 e. The minimum atomic E-state index is 0.243. The van der Waals surface area contributed by atoms with Crippen LogP contribution in [0.2, 0.25) is 0 Å². The van der Waals surface area contributed by atoms with Crippen LogP contribution >= 0.6 is 0 Å². The van der Waals surface area contributed by atoms with E-state index in [-0.39, 0.29) is 5.95 Å². The van der Waals surface area contributed by atoms with Crippen molar-refractivity contribution in [2.24, 2.45) is 5.92 Å². The van der Waals surface area contributed by atoms with E-state index in [2.05, 4.69) is 46.0 Å². The summed E-state index contributed by atoms with van der Waals surface area (Å²) in [4.78, 5) is 15.4. The third-order valence-corrected chi connectivity index (χ3v) is 3.14. The van der Waals surface area contributed by atoms with Crippen LogP contribution in [0.4, 0.5) is 11.8 Å². The Balaban J connectivity index is 2.18. The second-order valence-corrected chi connectivity index (χ2v) is 4.83. The molecule has 0 saturated heterocycles. The van der Waals surface area contributed by atoms with E-state index in [1.165, 1.54) is 6.42 Å². The second-order valence-electron chi connectivity index (χ2n) is 4.83. The number of imidazole rings is 1. The maximum absolute atomic E-state index is 5.67. The Kier molecular flexibility index (Phi) is 3.64. The van der Waals surface area contributed by atoms with Crippen molar-refractivity contribution in [3.05, 3.63) is 6.33 Å². The Bertz CT molecular complexity index is 520. The number of anilines is 2. The Morgan fingerprint density at radius 3 is 2.89 bits per heavy atom. The van der Waals surface area contributed by atoms with E-state index in [0.29, 0.717) is 17.6 Å². The monoisotopic (exact) mass is 248 g/mol. The van der Waals surface area contributed by atoms with Crippen LogP contribution in [0.5, 0.6) is 0 Å². The first-order chi connectivity index (χ1) is 8.60. The van der Waals surface area contributed by atoms with Crippen LogP contribution in [-0.2, 0) is 0 Å². The number of rotatable bonds is 5. The molecule has 98 valence electrons. The summed E-state index contributed by atoms with van der Waals surface area (Å²) in [6.45, 7) is 6.60. The fraction of sp³-hybridized carbons (Fsp3) is 0.583. The van der Waals surface area contributed by atoms with Gasteiger partial charge in [0.1, 0.15) is 5.52 Å². The van der Waals surface area contributed by atoms with Gasteiger partial charge in [-0.25, -0.2) is 4.98 Å². The zero-order chi connectivity index (χ0) is 13.1. The molecular formula is C12H20N6. The Hall–Kier alpha value is -1.85. The standard InChI is InChI=1S/C12H20N6/c1-4-7(2)5-8(3)16-11-9-10(15-6-14-9)17-12(13)18-11/h6-8H,4-5H2,1-3H3,(H4,13,14,15,16,17,18). The molecule has 6 heteroatoms. The van der Waals surface area contributed by atoms with Gasteiger partial charge in [0, 0.05) is 6.04 Å². The molecule has 2 rings (SSSR count). The number of nitrogens with one attached hydrogen (secondary N) is 2. The minimum absolute atomic E-state index is 0.243. The van der Waals surface area contributed by atoms with Crippen LogP contribution in [0.25, 0.3) is 11.2 Å². The van der Waals surface area contributed by atoms with Crippen molar-refractivity contribution < 1.29 is 0 Å². The van der Waals surface area contributed by atoms with Crippen LogP contribution < -0.4 is 11.1 Å². The topological polar surface area (TPSA) is 92.5 Å². The van der Waals surface area contributed by atoms with Crippen molar-refractivity contribution in [2.45, 2.75) is 39.7 Å². The summed E-state index contributed by atoms with van der Waals surface area (Å²) in [5.41, 5.74) is 7.07. The molecule has 2 unspecified atom stereocenters. The molecule has 0 spiro atoms. The lowest BCUT2D eigenvalue weighted by molar-refractivity contribution is 0.483. The van der Waals surface area contributed by atoms with E-state index in [1.54, 1.807) is 6.33 Å². The van der Waals surface area contributed by atoms with Gasteiger partial charge < -0.3 is 16.0 Å². The van der Waals surface area contributed by atoms with E-state index in [1.807, 2.05) is 0 Å². The number of fused-ring (bicyclic) bond motifs is 1. The summed E-state index contributed by atoms with van der Waals surface area (Å²) in [5, 5.41) is 3.37. The van der Waals surface area contributed by atoms with Crippen LogP contribution in [0.1, 0.15) is 33.6 Å². The molecule has 2 atom stereocenters. The number of nitrogens with zero attached hydrogens (tertiary/aromatic N) is 3. The van der Waals surface area contributed by atoms with Gasteiger partial charge in [-0.1, -0.05) is 20.3 Å². The molecule has 2 aromatic rings. The van der Waals surface area contributed by atoms with Gasteiger partial charge in [0.25, 0.3) is 0 Å². The van der Waals surface area contributed by atoms with E-state index in [4.69, 9.17) is 5.73 Å². The normalized spacial score (nSPS) is 14.6. The summed E-state index contributed by atoms with van der Waals surface area (Å²) >= 11 is 0. The van der Waals surface area contributed by atoms with Gasteiger partial charge >= 0.3 is 0 Å². The van der Waals surface area contributed by atoms with Gasteiger partial charge in [0.05, 0.1) is 6.33 Å². The lowest BCUT2D eigenvalue weighted by Gasteiger charge is -2.18. The lowest BCUT2D eigenvalue weighted by atomic mass is 10.0. The average Bonchev–Trinajstić information content (AvgIpc) is 2.76. The van der Waals surface area contributed by atoms with Crippen molar-refractivity contribution in [1.82, 2.24) is 19.9 Å². The first-order valence-electron chi connectivity index (χ1n) is 6.33. The number of H-pyrrole nitrogens is 1. The maximum Gasteiger partial charge on any atom is 0.224 e. The fourth-order valence-electron chi connectivity index (χ4n) is 2.02. The predicted molar refractivity (Wildman–Crippen MR) is 73.3 cm³/mol. The molecule has 0 bridgehead atoms. The quantitative estimate of drug-likeness (QED) is 0.754. The third kappa shape index (κ3) is 2.69. The molecule has 0 aromatic carbocycles. The first-order valence-corrected chi connectivity index (χ1v) is 6.33. The summed E-state index contributed by atoms with van der Waals surface area (Å²) in [6, 6.07) is 0.334. The molecule has 2 heterocycles. The van der Waals surface area contributed by atoms with Gasteiger partial charge in [-0.05, 0) is 19.3 Å². The minimum Gasteiger partial charge on any atom is -0.368 e. The fourth-order valence-corrected chi connectivity index (χ4v) is 2.02. The highest BCUT2D eigenvalue weighted by Crippen LogP contribution is 2.20. The zero-order valence-corrected chi connectivity index (χ0v) is 11.1. The van der Waals surface area contributed by atoms with Crippen molar-refractivity contribution in [1.29, 1.82) is 0 Å².